The lowest BCUT2D eigenvalue weighted by molar-refractivity contribution is -0.0501. The van der Waals surface area contributed by atoms with E-state index in [1.165, 1.54) is 13.2 Å². The lowest BCUT2D eigenvalue weighted by atomic mass is 10.0. The number of aryl methyl sites for hydroxylation is 2. The Labute approximate surface area is 194 Å². The molecule has 0 N–H and O–H groups in total. The predicted molar refractivity (Wildman–Crippen MR) is 119 cm³/mol. The van der Waals surface area contributed by atoms with Crippen LogP contribution in [0.25, 0.3) is 22.3 Å². The van der Waals surface area contributed by atoms with Crippen LogP contribution in [-0.2, 0) is 14.9 Å². The van der Waals surface area contributed by atoms with E-state index in [0.717, 1.165) is 0 Å². The minimum atomic E-state index is -5.95. The standard InChI is InChI=1S/C22H25F4N3O4S/c1-12(2)17-7-6-16(21(27-17)33-34(30,31)22(24,25)26)19-13(3)8-18-20(28-19)14(4)10-29(18)15(9-23)11-32-5/h6-8,10,12,15H,9,11H2,1-5H3. The maximum atomic E-state index is 13.6. The highest BCUT2D eigenvalue weighted by Crippen LogP contribution is 2.37. The Hall–Kier alpha value is -2.73. The monoisotopic (exact) mass is 503 g/mol. The molecule has 1 unspecified atom stereocenters. The van der Waals surface area contributed by atoms with Crippen molar-refractivity contribution < 1.29 is 34.9 Å². The van der Waals surface area contributed by atoms with Gasteiger partial charge in [-0.05, 0) is 49.1 Å². The van der Waals surface area contributed by atoms with Gasteiger partial charge in [-0.15, -0.1) is 0 Å². The summed E-state index contributed by atoms with van der Waals surface area (Å²) in [5, 5.41) is 0. The highest BCUT2D eigenvalue weighted by molar-refractivity contribution is 7.88. The zero-order chi connectivity index (χ0) is 25.4. The molecule has 0 fully saturated rings. The summed E-state index contributed by atoms with van der Waals surface area (Å²) in [7, 11) is -4.49. The molecule has 0 saturated heterocycles. The highest BCUT2D eigenvalue weighted by Gasteiger charge is 2.49. The van der Waals surface area contributed by atoms with Crippen molar-refractivity contribution in [3.63, 3.8) is 0 Å². The Morgan fingerprint density at radius 1 is 1.12 bits per heavy atom. The maximum absolute atomic E-state index is 13.6. The summed E-state index contributed by atoms with van der Waals surface area (Å²) in [6, 6.07) is 4.14. The van der Waals surface area contributed by atoms with Gasteiger partial charge in [-0.25, -0.2) is 14.4 Å². The molecule has 7 nitrogen and oxygen atoms in total. The van der Waals surface area contributed by atoms with Gasteiger partial charge in [0.05, 0.1) is 34.9 Å². The average molecular weight is 504 g/mol. The lowest BCUT2D eigenvalue weighted by Crippen LogP contribution is -2.28. The minimum absolute atomic E-state index is 0.0114. The van der Waals surface area contributed by atoms with Crippen molar-refractivity contribution in [3.8, 4) is 17.1 Å². The molecular weight excluding hydrogens is 478 g/mol. The van der Waals surface area contributed by atoms with E-state index in [-0.39, 0.29) is 23.8 Å². The van der Waals surface area contributed by atoms with E-state index in [1.54, 1.807) is 50.6 Å². The number of rotatable bonds is 8. The molecule has 1 atom stereocenters. The molecule has 0 aromatic carbocycles. The molecule has 0 spiro atoms. The van der Waals surface area contributed by atoms with Gasteiger partial charge < -0.3 is 13.5 Å². The number of ether oxygens (including phenoxy) is 1. The van der Waals surface area contributed by atoms with E-state index in [0.29, 0.717) is 27.9 Å². The number of nitrogens with zero attached hydrogens (tertiary/aromatic N) is 3. The summed E-state index contributed by atoms with van der Waals surface area (Å²) < 4.78 is 87.5. The van der Waals surface area contributed by atoms with Gasteiger partial charge in [-0.1, -0.05) is 13.8 Å². The van der Waals surface area contributed by atoms with Gasteiger partial charge in [0.25, 0.3) is 0 Å². The fraction of sp³-hybridized carbons (Fsp3) is 0.455. The first-order valence-corrected chi connectivity index (χ1v) is 11.8. The quantitative estimate of drug-likeness (QED) is 0.238. The third kappa shape index (κ3) is 4.88. The summed E-state index contributed by atoms with van der Waals surface area (Å²) in [6.45, 7) is 6.40. The summed E-state index contributed by atoms with van der Waals surface area (Å²) in [5.74, 6) is -0.909. The first-order chi connectivity index (χ1) is 15.8. The Bertz CT molecular complexity index is 1300. The molecule has 3 aromatic rings. The predicted octanol–water partition coefficient (Wildman–Crippen LogP) is 5.22. The minimum Gasteiger partial charge on any atom is -0.382 e. The number of aromatic nitrogens is 3. The summed E-state index contributed by atoms with van der Waals surface area (Å²) in [6.07, 6.45) is 1.72. The van der Waals surface area contributed by atoms with Crippen LogP contribution in [-0.4, -0.2) is 48.9 Å². The van der Waals surface area contributed by atoms with E-state index in [1.807, 2.05) is 0 Å². The van der Waals surface area contributed by atoms with Gasteiger partial charge in [-0.3, -0.25) is 0 Å². The normalized spacial score (nSPS) is 13.6. The second kappa shape index (κ2) is 9.49. The summed E-state index contributed by atoms with van der Waals surface area (Å²) in [5.41, 5.74) is -2.79. The third-order valence-corrected chi connectivity index (χ3v) is 6.25. The molecular formula is C22H25F4N3O4S. The number of hydrogen-bond donors (Lipinski definition) is 0. The smallest absolute Gasteiger partial charge is 0.382 e. The van der Waals surface area contributed by atoms with Crippen LogP contribution < -0.4 is 4.18 Å². The summed E-state index contributed by atoms with van der Waals surface area (Å²) >= 11 is 0. The Balaban J connectivity index is 2.23. The number of hydrogen-bond acceptors (Lipinski definition) is 6. The number of halogens is 4. The molecule has 3 heterocycles. The number of alkyl halides is 4. The second-order valence-corrected chi connectivity index (χ2v) is 9.77. The molecule has 0 radical (unpaired) electrons. The largest absolute Gasteiger partial charge is 0.534 e. The van der Waals surface area contributed by atoms with Crippen LogP contribution in [0.15, 0.2) is 24.4 Å². The zero-order valence-electron chi connectivity index (χ0n) is 19.3. The topological polar surface area (TPSA) is 83.3 Å². The number of fused-ring (bicyclic) bond motifs is 1. The molecule has 3 rings (SSSR count). The number of pyridine rings is 2. The molecule has 0 saturated carbocycles. The molecule has 0 aliphatic carbocycles. The molecule has 0 aliphatic heterocycles. The lowest BCUT2D eigenvalue weighted by Gasteiger charge is -2.17. The zero-order valence-corrected chi connectivity index (χ0v) is 20.1. The fourth-order valence-corrected chi connectivity index (χ4v) is 3.99. The van der Waals surface area contributed by atoms with Crippen LogP contribution in [0.1, 0.15) is 42.6 Å². The highest BCUT2D eigenvalue weighted by atomic mass is 32.2. The van der Waals surface area contributed by atoms with Crippen molar-refractivity contribution in [1.82, 2.24) is 14.5 Å². The van der Waals surface area contributed by atoms with Crippen molar-refractivity contribution in [3.05, 3.63) is 41.2 Å². The average Bonchev–Trinajstić information content (AvgIpc) is 3.05. The van der Waals surface area contributed by atoms with Crippen molar-refractivity contribution >= 4 is 21.2 Å². The summed E-state index contributed by atoms with van der Waals surface area (Å²) in [4.78, 5) is 8.64. The van der Waals surface area contributed by atoms with Gasteiger partial charge in [-0.2, -0.15) is 21.6 Å². The van der Waals surface area contributed by atoms with Crippen molar-refractivity contribution in [2.75, 3.05) is 20.4 Å². The van der Waals surface area contributed by atoms with E-state index in [4.69, 9.17) is 4.74 Å². The molecule has 186 valence electrons. The van der Waals surface area contributed by atoms with Gasteiger partial charge in [0.1, 0.15) is 6.67 Å². The van der Waals surface area contributed by atoms with Crippen LogP contribution in [0.4, 0.5) is 17.6 Å². The van der Waals surface area contributed by atoms with Gasteiger partial charge in [0, 0.05) is 19.0 Å². The fourth-order valence-electron chi connectivity index (χ4n) is 3.56. The molecule has 34 heavy (non-hydrogen) atoms. The van der Waals surface area contributed by atoms with Gasteiger partial charge >= 0.3 is 15.6 Å². The van der Waals surface area contributed by atoms with E-state index in [2.05, 4.69) is 14.2 Å². The first-order valence-electron chi connectivity index (χ1n) is 10.4. The Morgan fingerprint density at radius 3 is 2.35 bits per heavy atom. The Morgan fingerprint density at radius 2 is 1.79 bits per heavy atom. The third-order valence-electron chi connectivity index (χ3n) is 5.31. The van der Waals surface area contributed by atoms with Crippen LogP contribution in [0, 0.1) is 13.8 Å². The number of methoxy groups -OCH3 is 1. The molecule has 0 bridgehead atoms. The molecule has 12 heteroatoms. The van der Waals surface area contributed by atoms with Crippen molar-refractivity contribution in [1.29, 1.82) is 0 Å². The van der Waals surface area contributed by atoms with Gasteiger partial charge in [0.2, 0.25) is 5.88 Å². The van der Waals surface area contributed by atoms with Crippen LogP contribution in [0.3, 0.4) is 0 Å². The van der Waals surface area contributed by atoms with Crippen molar-refractivity contribution in [2.45, 2.75) is 45.2 Å². The first kappa shape index (κ1) is 25.9. The molecule has 3 aromatic heterocycles. The van der Waals surface area contributed by atoms with Gasteiger partial charge in [0.15, 0.2) is 0 Å². The van der Waals surface area contributed by atoms with Crippen molar-refractivity contribution in [2.24, 2.45) is 0 Å². The van der Waals surface area contributed by atoms with E-state index in [9.17, 15) is 26.0 Å². The van der Waals surface area contributed by atoms with Crippen LogP contribution >= 0.6 is 0 Å². The maximum Gasteiger partial charge on any atom is 0.534 e. The second-order valence-electron chi connectivity index (χ2n) is 8.23. The molecule has 0 aliphatic rings. The van der Waals surface area contributed by atoms with Crippen LogP contribution in [0.2, 0.25) is 0 Å². The molecule has 0 amide bonds. The SMILES string of the molecule is COCC(CF)n1cc(C)c2nc(-c3ccc(C(C)C)nc3OS(=O)(=O)C(F)(F)F)c(C)cc21. The Kier molecular flexibility index (Phi) is 7.23. The van der Waals surface area contributed by atoms with E-state index < -0.39 is 34.2 Å². The van der Waals surface area contributed by atoms with Crippen LogP contribution in [0.5, 0.6) is 5.88 Å². The van der Waals surface area contributed by atoms with E-state index >= 15 is 0 Å².